The van der Waals surface area contributed by atoms with E-state index in [1.54, 1.807) is 0 Å². The van der Waals surface area contributed by atoms with Crippen molar-refractivity contribution in [3.8, 4) is 102 Å². The van der Waals surface area contributed by atoms with Crippen LogP contribution in [0.5, 0.6) is 0 Å². The number of hydrogen-bond donors (Lipinski definition) is 0. The zero-order chi connectivity index (χ0) is 76.3. The van der Waals surface area contributed by atoms with Crippen LogP contribution in [0.1, 0.15) is 0 Å². The van der Waals surface area contributed by atoms with E-state index >= 15 is 0 Å². The summed E-state index contributed by atoms with van der Waals surface area (Å²) in [5.41, 5.74) is 23.8. The molecule has 0 bridgehead atoms. The Morgan fingerprint density at radius 3 is 0.983 bits per heavy atom. The highest BCUT2D eigenvalue weighted by molar-refractivity contribution is 6.23. The Morgan fingerprint density at radius 1 is 0.172 bits per heavy atom. The van der Waals surface area contributed by atoms with E-state index < -0.39 is 0 Å². The summed E-state index contributed by atoms with van der Waals surface area (Å²) in [5.74, 6) is 4.20. The van der Waals surface area contributed by atoms with Gasteiger partial charge in [-0.25, -0.2) is 44.9 Å². The van der Waals surface area contributed by atoms with E-state index in [9.17, 15) is 0 Å². The van der Waals surface area contributed by atoms with Gasteiger partial charge >= 0.3 is 0 Å². The lowest BCUT2D eigenvalue weighted by molar-refractivity contribution is 0.979. The number of benzene rings is 16. The number of aromatic nitrogens is 13. The van der Waals surface area contributed by atoms with E-state index in [1.165, 1.54) is 32.3 Å². The van der Waals surface area contributed by atoms with Crippen LogP contribution in [0.3, 0.4) is 0 Å². The highest BCUT2D eigenvalue weighted by atomic mass is 15.2. The molecule has 0 amide bonds. The number of fused-ring (bicyclic) bond motifs is 20. The maximum atomic E-state index is 5.41. The summed E-state index contributed by atoms with van der Waals surface area (Å²) in [4.78, 5) is 46.2. The van der Waals surface area contributed by atoms with Crippen LogP contribution in [-0.2, 0) is 0 Å². The van der Waals surface area contributed by atoms with Crippen molar-refractivity contribution in [3.05, 3.63) is 382 Å². The topological polar surface area (TPSA) is 135 Å². The third kappa shape index (κ3) is 11.0. The van der Waals surface area contributed by atoms with Crippen molar-refractivity contribution in [1.82, 2.24) is 62.8 Å². The second-order valence-corrected chi connectivity index (χ2v) is 29.3. The first-order valence-electron chi connectivity index (χ1n) is 38.8. The molecule has 24 aromatic rings. The Morgan fingerprint density at radius 2 is 0.509 bits per heavy atom. The number of imidazole rings is 2. The molecule has 0 aliphatic carbocycles. The van der Waals surface area contributed by atoms with Crippen molar-refractivity contribution < 1.29 is 0 Å². The predicted octanol–water partition coefficient (Wildman–Crippen LogP) is 24.9. The lowest BCUT2D eigenvalue weighted by Gasteiger charge is -2.13. The Bertz CT molecular complexity index is 7500. The average molecular weight is 1480 g/mol. The highest BCUT2D eigenvalue weighted by Gasteiger charge is 2.26. The number of nitrogens with zero attached hydrogens (tertiary/aromatic N) is 13. The van der Waals surface area contributed by atoms with Crippen molar-refractivity contribution in [3.63, 3.8) is 0 Å². The van der Waals surface area contributed by atoms with E-state index in [1.807, 2.05) is 121 Å². The van der Waals surface area contributed by atoms with E-state index in [0.717, 1.165) is 167 Å². The van der Waals surface area contributed by atoms with Gasteiger partial charge in [-0.1, -0.05) is 279 Å². The molecule has 0 saturated heterocycles. The van der Waals surface area contributed by atoms with E-state index in [4.69, 9.17) is 44.9 Å². The average Bonchev–Trinajstić information content (AvgIpc) is 1.55. The van der Waals surface area contributed by atoms with Gasteiger partial charge in [-0.05, 0) is 147 Å². The molecule has 0 fully saturated rings. The number of rotatable bonds is 10. The standard InChI is InChI=1S/C52H32N6.C51H31N7/c1-3-15-34(16-4-1)44-32-45(54-50(53-44)35-17-5-2-6-18-35)38-20-13-19-36(30-38)37-27-28-46-41(31-37)49-39-21-8-7-14-33(39)26-29-48(49)57(46)52-56-42-23-10-9-22-40(42)51-55-43-24-11-12-25-47(43)58(51)52;1-3-15-33(16-4-1)47-54-48(34-17-5-2-6-18-34)56-49(55-47)37-20-13-19-35(30-37)36-27-28-43-40(31-36)46-38-21-8-7-14-32(38)26-29-45(46)57(43)51-53-41-23-10-9-22-39(41)50-52-42-24-11-12-25-44(42)58(50)51/h1-32H;1-31H. The normalized spacial score (nSPS) is 11.8. The molecule has 540 valence electrons. The molecule has 0 radical (unpaired) electrons. The fourth-order valence-corrected chi connectivity index (χ4v) is 17.0. The first kappa shape index (κ1) is 65.9. The van der Waals surface area contributed by atoms with Crippen LogP contribution in [0.25, 0.3) is 223 Å². The van der Waals surface area contributed by atoms with Crippen molar-refractivity contribution in [1.29, 1.82) is 0 Å². The second kappa shape index (κ2) is 26.9. The summed E-state index contributed by atoms with van der Waals surface area (Å²) < 4.78 is 9.07. The molecule has 8 aromatic heterocycles. The summed E-state index contributed by atoms with van der Waals surface area (Å²) >= 11 is 0. The third-order valence-corrected chi connectivity index (χ3v) is 22.4. The molecule has 24 rings (SSSR count). The summed E-state index contributed by atoms with van der Waals surface area (Å²) in [7, 11) is 0. The predicted molar refractivity (Wildman–Crippen MR) is 472 cm³/mol. The molecule has 13 heteroatoms. The number of para-hydroxylation sites is 6. The molecule has 8 heterocycles. The molecule has 0 aliphatic heterocycles. The third-order valence-electron chi connectivity index (χ3n) is 22.4. The first-order valence-corrected chi connectivity index (χ1v) is 38.8. The van der Waals surface area contributed by atoms with Crippen LogP contribution in [0.4, 0.5) is 0 Å². The molecule has 0 saturated carbocycles. The fraction of sp³-hybridized carbons (Fsp3) is 0. The van der Waals surface area contributed by atoms with Crippen molar-refractivity contribution in [2.45, 2.75) is 0 Å². The Kier molecular flexibility index (Phi) is 15.3. The Labute approximate surface area is 663 Å². The molecule has 116 heavy (non-hydrogen) atoms. The molecule has 0 aliphatic rings. The van der Waals surface area contributed by atoms with Crippen LogP contribution < -0.4 is 0 Å². The maximum Gasteiger partial charge on any atom is 0.221 e. The Balaban J connectivity index is 0.000000137. The van der Waals surface area contributed by atoms with Crippen molar-refractivity contribution in [2.24, 2.45) is 0 Å². The van der Waals surface area contributed by atoms with Crippen molar-refractivity contribution in [2.75, 3.05) is 0 Å². The van der Waals surface area contributed by atoms with Gasteiger partial charge in [0.1, 0.15) is 11.3 Å². The minimum atomic E-state index is 0.622. The first-order chi connectivity index (χ1) is 57.5. The SMILES string of the molecule is c1ccc(-c2cc(-c3cccc(-c4ccc5c(c4)c4c6ccccc6ccc4n5-c4nc5ccccc5c5nc6ccccc6n45)c3)nc(-c3ccccc3)n2)cc1.c1ccc(-c2nc(-c3ccccc3)nc(-c3cccc(-c4ccc5c(c4)c4c6ccccc6ccc4n5-c4nc5ccccc5c5nc6ccccc6n45)c3)n2)cc1. The molecule has 13 nitrogen and oxygen atoms in total. The van der Waals surface area contributed by atoms with Crippen LogP contribution in [0, 0.1) is 0 Å². The quantitative estimate of drug-likeness (QED) is 0.131. The maximum absolute atomic E-state index is 5.41. The summed E-state index contributed by atoms with van der Waals surface area (Å²) in [6.45, 7) is 0. The van der Waals surface area contributed by atoms with Gasteiger partial charge in [-0.3, -0.25) is 17.9 Å². The summed E-state index contributed by atoms with van der Waals surface area (Å²) in [6, 6.07) is 133. The molecular formula is C103H63N13. The van der Waals surface area contributed by atoms with Crippen LogP contribution >= 0.6 is 0 Å². The molecule has 0 N–H and O–H groups in total. The van der Waals surface area contributed by atoms with Gasteiger partial charge in [0.25, 0.3) is 0 Å². The summed E-state index contributed by atoms with van der Waals surface area (Å²) in [5, 5.41) is 11.5. The fourth-order valence-electron chi connectivity index (χ4n) is 17.0. The van der Waals surface area contributed by atoms with Gasteiger partial charge in [0.05, 0.1) is 66.6 Å². The molecule has 0 atom stereocenters. The molecule has 16 aromatic carbocycles. The lowest BCUT2D eigenvalue weighted by atomic mass is 9.98. The van der Waals surface area contributed by atoms with Gasteiger partial charge in [0, 0.05) is 65.7 Å². The van der Waals surface area contributed by atoms with Gasteiger partial charge in [-0.15, -0.1) is 0 Å². The minimum absolute atomic E-state index is 0.622. The monoisotopic (exact) mass is 1480 g/mol. The number of hydrogen-bond acceptors (Lipinski definition) is 9. The van der Waals surface area contributed by atoms with Gasteiger partial charge in [0.15, 0.2) is 23.3 Å². The Hall–Kier alpha value is -16.0. The van der Waals surface area contributed by atoms with Crippen LogP contribution in [0.15, 0.2) is 382 Å². The van der Waals surface area contributed by atoms with E-state index in [-0.39, 0.29) is 0 Å². The van der Waals surface area contributed by atoms with Gasteiger partial charge < -0.3 is 0 Å². The van der Waals surface area contributed by atoms with Gasteiger partial charge in [-0.2, -0.15) is 0 Å². The second-order valence-electron chi connectivity index (χ2n) is 29.3. The van der Waals surface area contributed by atoms with Crippen LogP contribution in [0.2, 0.25) is 0 Å². The van der Waals surface area contributed by atoms with Crippen molar-refractivity contribution >= 4 is 120 Å². The molecular weight excluding hydrogens is 1420 g/mol. The minimum Gasteiger partial charge on any atom is -0.279 e. The summed E-state index contributed by atoms with van der Waals surface area (Å²) in [6.07, 6.45) is 0. The van der Waals surface area contributed by atoms with E-state index in [0.29, 0.717) is 23.3 Å². The zero-order valence-corrected chi connectivity index (χ0v) is 62.2. The zero-order valence-electron chi connectivity index (χ0n) is 62.2. The lowest BCUT2D eigenvalue weighted by Crippen LogP contribution is -2.06. The van der Waals surface area contributed by atoms with Gasteiger partial charge in [0.2, 0.25) is 11.9 Å². The highest BCUT2D eigenvalue weighted by Crippen LogP contribution is 2.44. The smallest absolute Gasteiger partial charge is 0.221 e. The van der Waals surface area contributed by atoms with E-state index in [2.05, 4.69) is 279 Å². The largest absolute Gasteiger partial charge is 0.279 e. The molecule has 0 spiro atoms. The van der Waals surface area contributed by atoms with Crippen LogP contribution in [-0.4, -0.2) is 62.8 Å². The molecule has 0 unspecified atom stereocenters.